The number of fused-ring (bicyclic) bond motifs is 1. The molecule has 0 saturated carbocycles. The van der Waals surface area contributed by atoms with Gasteiger partial charge in [-0.2, -0.15) is 0 Å². The van der Waals surface area contributed by atoms with Gasteiger partial charge in [0, 0.05) is 61.4 Å². The van der Waals surface area contributed by atoms with Crippen molar-refractivity contribution in [3.05, 3.63) is 83.9 Å². The Kier molecular flexibility index (Phi) is 7.82. The lowest BCUT2D eigenvalue weighted by molar-refractivity contribution is 0.0986. The monoisotopic (exact) mass is 429 g/mol. The minimum Gasteiger partial charge on any atom is -0.381 e. The number of benzene rings is 1. The average molecular weight is 430 g/mol. The molecule has 166 valence electrons. The van der Waals surface area contributed by atoms with Gasteiger partial charge in [0.2, 0.25) is 0 Å². The van der Waals surface area contributed by atoms with E-state index in [4.69, 9.17) is 0 Å². The molecule has 4 rings (SSSR count). The third kappa shape index (κ3) is 5.92. The van der Waals surface area contributed by atoms with Gasteiger partial charge in [-0.15, -0.1) is 0 Å². The second-order valence-corrected chi connectivity index (χ2v) is 8.20. The maximum atomic E-state index is 13.4. The van der Waals surface area contributed by atoms with E-state index in [-0.39, 0.29) is 5.91 Å². The first-order valence-electron chi connectivity index (χ1n) is 11.5. The highest BCUT2D eigenvalue weighted by molar-refractivity contribution is 6.06. The second-order valence-electron chi connectivity index (χ2n) is 8.20. The third-order valence-corrected chi connectivity index (χ3v) is 5.81. The maximum Gasteiger partial charge on any atom is 0.258 e. The number of carbonyl (C=O) groups excluding carboxylic acids is 1. The number of nitrogens with one attached hydrogen (secondary N) is 2. The molecule has 6 nitrogen and oxygen atoms in total. The molecule has 3 aromatic rings. The van der Waals surface area contributed by atoms with Gasteiger partial charge in [0.05, 0.1) is 0 Å². The number of hydrogen-bond acceptors (Lipinski definition) is 5. The van der Waals surface area contributed by atoms with Crippen molar-refractivity contribution in [1.82, 2.24) is 15.3 Å². The van der Waals surface area contributed by atoms with Gasteiger partial charge >= 0.3 is 0 Å². The van der Waals surface area contributed by atoms with Crippen LogP contribution in [0.2, 0.25) is 0 Å². The topological polar surface area (TPSA) is 70.2 Å². The largest absolute Gasteiger partial charge is 0.381 e. The van der Waals surface area contributed by atoms with E-state index in [2.05, 4.69) is 44.9 Å². The summed E-state index contributed by atoms with van der Waals surface area (Å²) >= 11 is 0. The van der Waals surface area contributed by atoms with Crippen LogP contribution >= 0.6 is 0 Å². The number of amides is 1. The molecule has 0 radical (unpaired) electrons. The van der Waals surface area contributed by atoms with E-state index in [1.807, 2.05) is 17.2 Å². The lowest BCUT2D eigenvalue weighted by Gasteiger charge is -2.27. The molecule has 0 aliphatic carbocycles. The molecule has 0 spiro atoms. The highest BCUT2D eigenvalue weighted by atomic mass is 16.2. The number of carbonyl (C=O) groups is 1. The van der Waals surface area contributed by atoms with Crippen molar-refractivity contribution in [2.24, 2.45) is 0 Å². The van der Waals surface area contributed by atoms with E-state index in [0.29, 0.717) is 12.1 Å². The maximum absolute atomic E-state index is 13.4. The van der Waals surface area contributed by atoms with Gasteiger partial charge in [0.1, 0.15) is 0 Å². The van der Waals surface area contributed by atoms with Gasteiger partial charge in [-0.3, -0.25) is 14.8 Å². The quantitative estimate of drug-likeness (QED) is 0.624. The highest BCUT2D eigenvalue weighted by Gasteiger charge is 2.20. The van der Waals surface area contributed by atoms with Crippen LogP contribution in [-0.2, 0) is 13.1 Å². The number of pyridine rings is 2. The first-order valence-corrected chi connectivity index (χ1v) is 11.5. The summed E-state index contributed by atoms with van der Waals surface area (Å²) in [6.07, 6.45) is 12.8. The lowest BCUT2D eigenvalue weighted by Crippen LogP contribution is -2.33. The van der Waals surface area contributed by atoms with Crippen molar-refractivity contribution in [3.63, 3.8) is 0 Å². The molecule has 3 heterocycles. The molecule has 0 fully saturated rings. The first-order chi connectivity index (χ1) is 15.8. The number of aromatic nitrogens is 2. The summed E-state index contributed by atoms with van der Waals surface area (Å²) in [5, 5.41) is 7.07. The summed E-state index contributed by atoms with van der Waals surface area (Å²) < 4.78 is 0. The van der Waals surface area contributed by atoms with Gasteiger partial charge in [-0.25, -0.2) is 0 Å². The molecule has 0 atom stereocenters. The molecular formula is C26H31N5O. The number of rotatable bonds is 4. The van der Waals surface area contributed by atoms with Gasteiger partial charge in [0.25, 0.3) is 5.91 Å². The third-order valence-electron chi connectivity index (χ3n) is 5.81. The summed E-state index contributed by atoms with van der Waals surface area (Å²) in [6.45, 7) is 3.15. The van der Waals surface area contributed by atoms with Crippen molar-refractivity contribution in [3.8, 4) is 0 Å². The van der Waals surface area contributed by atoms with Gasteiger partial charge in [0.15, 0.2) is 0 Å². The smallest absolute Gasteiger partial charge is 0.258 e. The summed E-state index contributed by atoms with van der Waals surface area (Å²) in [6, 6.07) is 13.9. The van der Waals surface area contributed by atoms with Crippen LogP contribution in [0.3, 0.4) is 0 Å². The molecule has 1 amide bonds. The van der Waals surface area contributed by atoms with Crippen molar-refractivity contribution >= 4 is 17.3 Å². The Hall–Kier alpha value is -3.25. The Labute approximate surface area is 190 Å². The fourth-order valence-corrected chi connectivity index (χ4v) is 4.06. The minimum atomic E-state index is 0.0294. The molecule has 32 heavy (non-hydrogen) atoms. The van der Waals surface area contributed by atoms with Crippen LogP contribution in [0.4, 0.5) is 11.4 Å². The van der Waals surface area contributed by atoms with Crippen LogP contribution in [0.1, 0.15) is 53.6 Å². The molecule has 1 aliphatic heterocycles. The van der Waals surface area contributed by atoms with Gasteiger partial charge < -0.3 is 15.5 Å². The van der Waals surface area contributed by atoms with Crippen molar-refractivity contribution in [2.75, 3.05) is 23.3 Å². The number of nitrogens with zero attached hydrogens (tertiary/aromatic N) is 3. The fourth-order valence-electron chi connectivity index (χ4n) is 4.06. The molecule has 0 bridgehead atoms. The predicted octanol–water partition coefficient (Wildman–Crippen LogP) is 4.79. The van der Waals surface area contributed by atoms with Crippen LogP contribution < -0.4 is 15.5 Å². The molecule has 2 N–H and O–H groups in total. The Balaban J connectivity index is 1.61. The van der Waals surface area contributed by atoms with E-state index in [0.717, 1.165) is 55.0 Å². The normalized spacial score (nSPS) is 15.2. The highest BCUT2D eigenvalue weighted by Crippen LogP contribution is 2.27. The molecule has 1 aliphatic rings. The van der Waals surface area contributed by atoms with E-state index in [1.165, 1.54) is 19.3 Å². The molecule has 1 aromatic carbocycles. The second kappa shape index (κ2) is 11.4. The summed E-state index contributed by atoms with van der Waals surface area (Å²) in [5.74, 6) is 0.0294. The first kappa shape index (κ1) is 22.0. The molecule has 2 aromatic heterocycles. The molecule has 0 saturated heterocycles. The van der Waals surface area contributed by atoms with Crippen molar-refractivity contribution < 1.29 is 4.79 Å². The zero-order valence-corrected chi connectivity index (χ0v) is 18.5. The molecular weight excluding hydrogens is 398 g/mol. The summed E-state index contributed by atoms with van der Waals surface area (Å²) in [7, 11) is 0. The zero-order chi connectivity index (χ0) is 22.0. The Morgan fingerprint density at radius 2 is 1.81 bits per heavy atom. The lowest BCUT2D eigenvalue weighted by atomic mass is 10.1. The Morgan fingerprint density at radius 1 is 0.969 bits per heavy atom. The molecule has 0 unspecified atom stereocenters. The van der Waals surface area contributed by atoms with Crippen LogP contribution in [0, 0.1) is 0 Å². The predicted molar refractivity (Wildman–Crippen MR) is 129 cm³/mol. The average Bonchev–Trinajstić information content (AvgIpc) is 2.84. The Morgan fingerprint density at radius 3 is 2.66 bits per heavy atom. The van der Waals surface area contributed by atoms with Crippen molar-refractivity contribution in [2.45, 2.75) is 45.2 Å². The standard InChI is InChI=1S/C26H31N5O/c32-26(22-10-14-27-15-11-22)31-16-5-3-1-2-4-12-29-20-23-17-24(8-9-25(23)31)30-19-21-7-6-13-28-18-21/h6-11,13-15,17-18,29-30H,1-5,12,16,19-20H2. The minimum absolute atomic E-state index is 0.0294. The fraction of sp³-hybridized carbons (Fsp3) is 0.346. The Bertz CT molecular complexity index is 994. The van der Waals surface area contributed by atoms with Gasteiger partial charge in [-0.1, -0.05) is 25.3 Å². The van der Waals surface area contributed by atoms with Crippen LogP contribution in [0.15, 0.2) is 67.3 Å². The number of hydrogen-bond donors (Lipinski definition) is 2. The summed E-state index contributed by atoms with van der Waals surface area (Å²) in [5.41, 5.74) is 4.95. The molecule has 6 heteroatoms. The van der Waals surface area contributed by atoms with E-state index < -0.39 is 0 Å². The number of anilines is 2. The summed E-state index contributed by atoms with van der Waals surface area (Å²) in [4.78, 5) is 23.6. The van der Waals surface area contributed by atoms with Crippen LogP contribution in [-0.4, -0.2) is 29.0 Å². The van der Waals surface area contributed by atoms with E-state index in [9.17, 15) is 4.79 Å². The van der Waals surface area contributed by atoms with Crippen molar-refractivity contribution in [1.29, 1.82) is 0 Å². The van der Waals surface area contributed by atoms with E-state index >= 15 is 0 Å². The zero-order valence-electron chi connectivity index (χ0n) is 18.5. The van der Waals surface area contributed by atoms with Gasteiger partial charge in [-0.05, 0) is 66.9 Å². The van der Waals surface area contributed by atoms with Crippen LogP contribution in [0.25, 0.3) is 0 Å². The van der Waals surface area contributed by atoms with E-state index in [1.54, 1.807) is 30.7 Å². The van der Waals surface area contributed by atoms with Crippen LogP contribution in [0.5, 0.6) is 0 Å². The SMILES string of the molecule is O=C(c1ccncc1)N1CCCCCCCNCc2cc(NCc3cccnc3)ccc21.